The van der Waals surface area contributed by atoms with E-state index in [1.807, 2.05) is 30.3 Å². The number of carboxylic acids is 1. The van der Waals surface area contributed by atoms with Gasteiger partial charge in [0.15, 0.2) is 0 Å². The van der Waals surface area contributed by atoms with E-state index < -0.39 is 17.7 Å². The average Bonchev–Trinajstić information content (AvgIpc) is 3.11. The maximum atomic E-state index is 12.8. The number of hydrogen-bond donors (Lipinski definition) is 1. The Morgan fingerprint density at radius 3 is 2.24 bits per heavy atom. The maximum absolute atomic E-state index is 12.8. The molecule has 6 nitrogen and oxygen atoms in total. The van der Waals surface area contributed by atoms with Crippen LogP contribution < -0.4 is 0 Å². The van der Waals surface area contributed by atoms with Gasteiger partial charge >= 0.3 is 17.7 Å². The number of ether oxygens (including phenoxy) is 3. The van der Waals surface area contributed by atoms with E-state index in [2.05, 4.69) is 0 Å². The fourth-order valence-corrected chi connectivity index (χ4v) is 6.31. The molecule has 4 fully saturated rings. The topological polar surface area (TPSA) is 82.1 Å². The largest absolute Gasteiger partial charge is 0.475 e. The van der Waals surface area contributed by atoms with E-state index in [1.165, 1.54) is 25.5 Å². The van der Waals surface area contributed by atoms with Gasteiger partial charge in [-0.1, -0.05) is 30.3 Å². The van der Waals surface area contributed by atoms with Crippen LogP contribution in [0.2, 0.25) is 0 Å². The molecule has 1 aromatic carbocycles. The number of allylic oxidation sites excluding steroid dienone is 1. The van der Waals surface area contributed by atoms with Crippen LogP contribution in [0.25, 0.3) is 0 Å². The number of carboxylic acid groups (broad SMARTS) is 1. The lowest BCUT2D eigenvalue weighted by Crippen LogP contribution is -2.52. The van der Waals surface area contributed by atoms with E-state index in [-0.39, 0.29) is 12.0 Å². The minimum absolute atomic E-state index is 0.00298. The second-order valence-electron chi connectivity index (χ2n) is 9.38. The lowest BCUT2D eigenvalue weighted by atomic mass is 9.50. The summed E-state index contributed by atoms with van der Waals surface area (Å²) in [7, 11) is 0. The van der Waals surface area contributed by atoms with E-state index in [0.29, 0.717) is 12.2 Å². The number of aliphatic carboxylic acids is 1. The second-order valence-corrected chi connectivity index (χ2v) is 9.38. The van der Waals surface area contributed by atoms with E-state index >= 15 is 0 Å². The van der Waals surface area contributed by atoms with Gasteiger partial charge in [-0.05, 0) is 61.8 Å². The Hall–Kier alpha value is -2.50. The Balaban J connectivity index is 1.25. The number of esters is 1. The molecule has 1 unspecified atom stereocenters. The number of benzene rings is 1. The van der Waals surface area contributed by atoms with Gasteiger partial charge in [0.05, 0.1) is 6.61 Å². The minimum Gasteiger partial charge on any atom is -0.475 e. The SMILES string of the molecule is O=C(O)C1(C(=O)OCC23CC4CC(CC(C4)C2)C3)OC=C(Cc2ccccc2)O1. The third-order valence-corrected chi connectivity index (χ3v) is 7.08. The molecule has 0 aromatic heterocycles. The van der Waals surface area contributed by atoms with Crippen LogP contribution in [0.5, 0.6) is 0 Å². The highest BCUT2D eigenvalue weighted by molar-refractivity contribution is 6.01. The molecule has 0 radical (unpaired) electrons. The number of carbonyl (C=O) groups excluding carboxylic acids is 1. The van der Waals surface area contributed by atoms with Gasteiger partial charge in [-0.2, -0.15) is 0 Å². The fourth-order valence-electron chi connectivity index (χ4n) is 6.31. The molecule has 4 bridgehead atoms. The molecule has 0 spiro atoms. The van der Waals surface area contributed by atoms with E-state index in [4.69, 9.17) is 14.2 Å². The van der Waals surface area contributed by atoms with Crippen molar-refractivity contribution in [2.45, 2.75) is 50.7 Å². The molecule has 154 valence electrons. The molecule has 1 atom stereocenters. The molecular weight excluding hydrogens is 372 g/mol. The van der Waals surface area contributed by atoms with Crippen LogP contribution in [0.3, 0.4) is 0 Å². The zero-order valence-corrected chi connectivity index (χ0v) is 16.3. The van der Waals surface area contributed by atoms with Crippen LogP contribution in [0, 0.1) is 23.2 Å². The highest BCUT2D eigenvalue weighted by Crippen LogP contribution is 2.60. The molecule has 6 rings (SSSR count). The quantitative estimate of drug-likeness (QED) is 0.582. The highest BCUT2D eigenvalue weighted by atomic mass is 16.8. The van der Waals surface area contributed by atoms with Crippen LogP contribution in [0.15, 0.2) is 42.4 Å². The van der Waals surface area contributed by atoms with Crippen molar-refractivity contribution in [3.8, 4) is 0 Å². The molecule has 5 aliphatic rings. The summed E-state index contributed by atoms with van der Waals surface area (Å²) < 4.78 is 16.3. The summed E-state index contributed by atoms with van der Waals surface area (Å²) in [6, 6.07) is 9.46. The monoisotopic (exact) mass is 398 g/mol. The van der Waals surface area contributed by atoms with Gasteiger partial charge in [-0.15, -0.1) is 0 Å². The Morgan fingerprint density at radius 2 is 1.66 bits per heavy atom. The molecule has 0 amide bonds. The van der Waals surface area contributed by atoms with Gasteiger partial charge < -0.3 is 19.3 Å². The number of rotatable bonds is 6. The van der Waals surface area contributed by atoms with E-state index in [0.717, 1.165) is 42.6 Å². The second kappa shape index (κ2) is 6.78. The van der Waals surface area contributed by atoms with Gasteiger partial charge in [0.25, 0.3) is 0 Å². The average molecular weight is 398 g/mol. The molecule has 0 saturated heterocycles. The third kappa shape index (κ3) is 3.28. The standard InChI is InChI=1S/C23H26O6/c24-20(25)23(28-13-19(29-23)9-15-4-2-1-3-5-15)21(26)27-14-22-10-16-6-17(11-22)8-18(7-16)12-22/h1-5,13,16-18H,6-12,14H2,(H,24,25). The predicted octanol–water partition coefficient (Wildman–Crippen LogP) is 3.66. The molecule has 6 heteroatoms. The zero-order valence-electron chi connectivity index (χ0n) is 16.3. The van der Waals surface area contributed by atoms with Crippen molar-refractivity contribution in [2.24, 2.45) is 23.2 Å². The van der Waals surface area contributed by atoms with Gasteiger partial charge in [0, 0.05) is 11.8 Å². The van der Waals surface area contributed by atoms with Crippen molar-refractivity contribution in [1.82, 2.24) is 0 Å². The van der Waals surface area contributed by atoms with Gasteiger partial charge in [0.2, 0.25) is 0 Å². The highest BCUT2D eigenvalue weighted by Gasteiger charge is 2.58. The van der Waals surface area contributed by atoms with Crippen molar-refractivity contribution >= 4 is 11.9 Å². The molecule has 1 aromatic rings. The Morgan fingerprint density at radius 1 is 1.03 bits per heavy atom. The summed E-state index contributed by atoms with van der Waals surface area (Å²) in [6.07, 6.45) is 8.68. The summed E-state index contributed by atoms with van der Waals surface area (Å²) in [5.74, 6) is -2.42. The van der Waals surface area contributed by atoms with Gasteiger partial charge in [-0.3, -0.25) is 0 Å². The van der Waals surface area contributed by atoms with Crippen molar-refractivity contribution < 1.29 is 28.9 Å². The van der Waals surface area contributed by atoms with Crippen LogP contribution in [-0.4, -0.2) is 29.4 Å². The Labute approximate surface area is 169 Å². The minimum atomic E-state index is -2.44. The van der Waals surface area contributed by atoms with Crippen LogP contribution in [-0.2, 0) is 30.2 Å². The zero-order chi connectivity index (χ0) is 20.1. The summed E-state index contributed by atoms with van der Waals surface area (Å²) in [6.45, 7) is 0.255. The molecule has 4 saturated carbocycles. The Kier molecular flexibility index (Phi) is 4.33. The summed E-state index contributed by atoms with van der Waals surface area (Å²) >= 11 is 0. The molecular formula is C23H26O6. The Bertz CT molecular complexity index is 809. The predicted molar refractivity (Wildman–Crippen MR) is 102 cm³/mol. The molecule has 29 heavy (non-hydrogen) atoms. The first-order valence-electron chi connectivity index (χ1n) is 10.5. The van der Waals surface area contributed by atoms with Crippen LogP contribution in [0.1, 0.15) is 44.1 Å². The summed E-state index contributed by atoms with van der Waals surface area (Å²) in [4.78, 5) is 24.7. The van der Waals surface area contributed by atoms with Crippen molar-refractivity contribution in [2.75, 3.05) is 6.61 Å². The fraction of sp³-hybridized carbons (Fsp3) is 0.565. The van der Waals surface area contributed by atoms with Crippen LogP contribution >= 0.6 is 0 Å². The molecule has 1 N–H and O–H groups in total. The van der Waals surface area contributed by atoms with Crippen molar-refractivity contribution in [3.63, 3.8) is 0 Å². The van der Waals surface area contributed by atoms with Crippen molar-refractivity contribution in [3.05, 3.63) is 47.9 Å². The molecule has 4 aliphatic carbocycles. The molecule has 1 aliphatic heterocycles. The smallest absolute Gasteiger partial charge is 0.452 e. The van der Waals surface area contributed by atoms with Gasteiger partial charge in [-0.25, -0.2) is 9.59 Å². The van der Waals surface area contributed by atoms with Crippen LogP contribution in [0.4, 0.5) is 0 Å². The first-order valence-corrected chi connectivity index (χ1v) is 10.5. The third-order valence-electron chi connectivity index (χ3n) is 7.08. The molecule has 1 heterocycles. The first-order chi connectivity index (χ1) is 14.0. The number of hydrogen-bond acceptors (Lipinski definition) is 5. The van der Waals surface area contributed by atoms with E-state index in [1.54, 1.807) is 0 Å². The summed E-state index contributed by atoms with van der Waals surface area (Å²) in [5, 5.41) is 9.69. The lowest BCUT2D eigenvalue weighted by Gasteiger charge is -2.56. The van der Waals surface area contributed by atoms with Crippen molar-refractivity contribution in [1.29, 1.82) is 0 Å². The summed E-state index contributed by atoms with van der Waals surface area (Å²) in [5.41, 5.74) is 0.939. The van der Waals surface area contributed by atoms with E-state index in [9.17, 15) is 14.7 Å². The van der Waals surface area contributed by atoms with Gasteiger partial charge in [0.1, 0.15) is 12.0 Å². The number of carbonyl (C=O) groups is 2. The lowest BCUT2D eigenvalue weighted by molar-refractivity contribution is -0.220. The first kappa shape index (κ1) is 18.5. The normalized spacial score (nSPS) is 36.8. The maximum Gasteiger partial charge on any atom is 0.452 e.